The smallest absolute Gasteiger partial charge is 0.274 e. The summed E-state index contributed by atoms with van der Waals surface area (Å²) in [7, 11) is 0. The first-order chi connectivity index (χ1) is 9.99. The van der Waals surface area contributed by atoms with Gasteiger partial charge in [-0.25, -0.2) is 0 Å². The molecular weight excluding hydrogens is 332 g/mol. The zero-order chi connectivity index (χ0) is 15.4. The summed E-state index contributed by atoms with van der Waals surface area (Å²) in [4.78, 5) is 10.8. The molecule has 0 saturated carbocycles. The number of rotatable bonds is 5. The molecule has 0 saturated heterocycles. The van der Waals surface area contributed by atoms with Gasteiger partial charge < -0.3 is 5.32 Å². The molecular formula is C16H17BrN2O2. The average molecular weight is 349 g/mol. The normalized spacial score (nSPS) is 13.7. The maximum absolute atomic E-state index is 11.1. The van der Waals surface area contributed by atoms with Gasteiger partial charge in [0.25, 0.3) is 5.69 Å². The Morgan fingerprint density at radius 2 is 1.81 bits per heavy atom. The van der Waals surface area contributed by atoms with E-state index in [9.17, 15) is 10.1 Å². The summed E-state index contributed by atoms with van der Waals surface area (Å²) in [5.41, 5.74) is 1.98. The molecule has 5 heteroatoms. The van der Waals surface area contributed by atoms with Crippen LogP contribution in [0.3, 0.4) is 0 Å². The molecule has 0 aromatic heterocycles. The first-order valence-corrected chi connectivity index (χ1v) is 7.53. The van der Waals surface area contributed by atoms with Gasteiger partial charge in [-0.05, 0) is 31.5 Å². The van der Waals surface area contributed by atoms with Crippen molar-refractivity contribution in [1.29, 1.82) is 0 Å². The Morgan fingerprint density at radius 1 is 1.10 bits per heavy atom. The maximum Gasteiger partial charge on any atom is 0.274 e. The van der Waals surface area contributed by atoms with Crippen molar-refractivity contribution in [2.45, 2.75) is 25.9 Å². The third kappa shape index (κ3) is 3.89. The van der Waals surface area contributed by atoms with Crippen LogP contribution in [0, 0.1) is 10.1 Å². The van der Waals surface area contributed by atoms with Crippen LogP contribution in [0.5, 0.6) is 0 Å². The number of nitro groups is 1. The Labute approximate surface area is 132 Å². The molecule has 0 amide bonds. The van der Waals surface area contributed by atoms with Gasteiger partial charge >= 0.3 is 0 Å². The third-order valence-corrected chi connectivity index (χ3v) is 3.94. The van der Waals surface area contributed by atoms with Crippen LogP contribution in [-0.2, 0) is 0 Å². The van der Waals surface area contributed by atoms with Crippen molar-refractivity contribution >= 4 is 21.6 Å². The Bertz CT molecular complexity index is 646. The second kappa shape index (κ2) is 6.83. The Kier molecular flexibility index (Phi) is 5.09. The van der Waals surface area contributed by atoms with Crippen LogP contribution < -0.4 is 5.32 Å². The van der Waals surface area contributed by atoms with Gasteiger partial charge in [-0.1, -0.05) is 46.3 Å². The SMILES string of the molecule is CC(N[C@H](C)c1cccc(Br)c1)c1ccccc1[N+](=O)[O-]. The molecule has 1 unspecified atom stereocenters. The standard InChI is InChI=1S/C16H17BrN2O2/c1-11(13-6-5-7-14(17)10-13)18-12(2)15-8-3-4-9-16(15)19(20)21/h3-12,18H,1-2H3/t11-,12?/m1/s1. The molecule has 2 rings (SSSR count). The van der Waals surface area contributed by atoms with E-state index < -0.39 is 0 Å². The number of nitrogens with zero attached hydrogens (tertiary/aromatic N) is 1. The van der Waals surface area contributed by atoms with E-state index in [1.54, 1.807) is 12.1 Å². The molecule has 2 aromatic rings. The van der Waals surface area contributed by atoms with Gasteiger partial charge in [0, 0.05) is 28.2 Å². The van der Waals surface area contributed by atoms with Crippen molar-refractivity contribution in [3.63, 3.8) is 0 Å². The first kappa shape index (κ1) is 15.7. The van der Waals surface area contributed by atoms with Gasteiger partial charge in [0.05, 0.1) is 4.92 Å². The molecule has 2 aromatic carbocycles. The van der Waals surface area contributed by atoms with Crippen molar-refractivity contribution in [2.75, 3.05) is 0 Å². The molecule has 0 aliphatic rings. The molecule has 2 atom stereocenters. The van der Waals surface area contributed by atoms with Gasteiger partial charge in [-0.15, -0.1) is 0 Å². The molecule has 110 valence electrons. The zero-order valence-corrected chi connectivity index (χ0v) is 13.5. The lowest BCUT2D eigenvalue weighted by Crippen LogP contribution is -2.23. The van der Waals surface area contributed by atoms with Crippen LogP contribution in [-0.4, -0.2) is 4.92 Å². The number of nitro benzene ring substituents is 1. The minimum absolute atomic E-state index is 0.0947. The fraction of sp³-hybridized carbons (Fsp3) is 0.250. The number of benzene rings is 2. The summed E-state index contributed by atoms with van der Waals surface area (Å²) in [6.07, 6.45) is 0. The minimum atomic E-state index is -0.336. The predicted molar refractivity (Wildman–Crippen MR) is 87.2 cm³/mol. The average Bonchev–Trinajstić information content (AvgIpc) is 2.47. The lowest BCUT2D eigenvalue weighted by Gasteiger charge is -2.21. The van der Waals surface area contributed by atoms with Crippen molar-refractivity contribution in [3.8, 4) is 0 Å². The molecule has 0 aliphatic carbocycles. The highest BCUT2D eigenvalue weighted by Crippen LogP contribution is 2.27. The molecule has 0 radical (unpaired) electrons. The molecule has 4 nitrogen and oxygen atoms in total. The predicted octanol–water partition coefficient (Wildman–Crippen LogP) is 4.77. The van der Waals surface area contributed by atoms with E-state index in [4.69, 9.17) is 0 Å². The Hall–Kier alpha value is -1.72. The fourth-order valence-corrected chi connectivity index (χ4v) is 2.77. The first-order valence-electron chi connectivity index (χ1n) is 6.74. The van der Waals surface area contributed by atoms with Gasteiger partial charge in [0.2, 0.25) is 0 Å². The van der Waals surface area contributed by atoms with E-state index in [0.29, 0.717) is 5.56 Å². The summed E-state index contributed by atoms with van der Waals surface area (Å²) in [5.74, 6) is 0. The number of para-hydroxylation sites is 1. The molecule has 0 heterocycles. The van der Waals surface area contributed by atoms with Crippen molar-refractivity contribution in [2.24, 2.45) is 0 Å². The van der Waals surface area contributed by atoms with Crippen LogP contribution in [0.25, 0.3) is 0 Å². The fourth-order valence-electron chi connectivity index (χ4n) is 2.36. The lowest BCUT2D eigenvalue weighted by molar-refractivity contribution is -0.385. The second-order valence-electron chi connectivity index (χ2n) is 4.98. The van der Waals surface area contributed by atoms with Crippen LogP contribution >= 0.6 is 15.9 Å². The van der Waals surface area contributed by atoms with E-state index in [1.807, 2.05) is 44.2 Å². The summed E-state index contributed by atoms with van der Waals surface area (Å²) < 4.78 is 1.02. The monoisotopic (exact) mass is 348 g/mol. The summed E-state index contributed by atoms with van der Waals surface area (Å²) in [5, 5.41) is 14.5. The van der Waals surface area contributed by atoms with E-state index in [2.05, 4.69) is 21.2 Å². The highest BCUT2D eigenvalue weighted by molar-refractivity contribution is 9.10. The topological polar surface area (TPSA) is 55.2 Å². The minimum Gasteiger partial charge on any atom is -0.303 e. The van der Waals surface area contributed by atoms with Gasteiger partial charge in [0.1, 0.15) is 0 Å². The van der Waals surface area contributed by atoms with Crippen molar-refractivity contribution in [1.82, 2.24) is 5.32 Å². The van der Waals surface area contributed by atoms with Crippen molar-refractivity contribution < 1.29 is 4.92 Å². The van der Waals surface area contributed by atoms with E-state index in [0.717, 1.165) is 10.0 Å². The summed E-state index contributed by atoms with van der Waals surface area (Å²) in [6, 6.07) is 14.9. The second-order valence-corrected chi connectivity index (χ2v) is 5.90. The Balaban J connectivity index is 2.18. The molecule has 0 bridgehead atoms. The van der Waals surface area contributed by atoms with Gasteiger partial charge in [-0.3, -0.25) is 10.1 Å². The molecule has 0 spiro atoms. The maximum atomic E-state index is 11.1. The third-order valence-electron chi connectivity index (χ3n) is 3.45. The van der Waals surface area contributed by atoms with Crippen LogP contribution in [0.1, 0.15) is 37.1 Å². The quantitative estimate of drug-likeness (QED) is 0.625. The summed E-state index contributed by atoms with van der Waals surface area (Å²) in [6.45, 7) is 3.99. The number of halogens is 1. The van der Waals surface area contributed by atoms with Gasteiger partial charge in [-0.2, -0.15) is 0 Å². The van der Waals surface area contributed by atoms with Gasteiger partial charge in [0.15, 0.2) is 0 Å². The molecule has 1 N–H and O–H groups in total. The summed E-state index contributed by atoms with van der Waals surface area (Å²) >= 11 is 3.46. The van der Waals surface area contributed by atoms with E-state index in [-0.39, 0.29) is 22.7 Å². The van der Waals surface area contributed by atoms with E-state index >= 15 is 0 Å². The molecule has 21 heavy (non-hydrogen) atoms. The lowest BCUT2D eigenvalue weighted by atomic mass is 10.0. The largest absolute Gasteiger partial charge is 0.303 e. The van der Waals surface area contributed by atoms with Crippen LogP contribution in [0.2, 0.25) is 0 Å². The van der Waals surface area contributed by atoms with E-state index in [1.165, 1.54) is 6.07 Å². The van der Waals surface area contributed by atoms with Crippen LogP contribution in [0.4, 0.5) is 5.69 Å². The number of nitrogens with one attached hydrogen (secondary N) is 1. The highest BCUT2D eigenvalue weighted by atomic mass is 79.9. The molecule has 0 fully saturated rings. The number of hydrogen-bond donors (Lipinski definition) is 1. The Morgan fingerprint density at radius 3 is 2.48 bits per heavy atom. The number of hydrogen-bond acceptors (Lipinski definition) is 3. The zero-order valence-electron chi connectivity index (χ0n) is 11.9. The molecule has 0 aliphatic heterocycles. The highest BCUT2D eigenvalue weighted by Gasteiger charge is 2.19. The van der Waals surface area contributed by atoms with Crippen molar-refractivity contribution in [3.05, 3.63) is 74.2 Å². The van der Waals surface area contributed by atoms with Crippen LogP contribution in [0.15, 0.2) is 53.0 Å².